The zero-order valence-corrected chi connectivity index (χ0v) is 14.0. The second-order valence-electron chi connectivity index (χ2n) is 5.90. The number of allylic oxidation sites excluding steroid dienone is 3. The molecule has 0 heterocycles. The van der Waals surface area contributed by atoms with Gasteiger partial charge in [-0.3, -0.25) is 4.90 Å². The fourth-order valence-corrected chi connectivity index (χ4v) is 2.01. The Hall–Kier alpha value is -1.60. The highest BCUT2D eigenvalue weighted by molar-refractivity contribution is 5.48. The van der Waals surface area contributed by atoms with Gasteiger partial charge in [-0.15, -0.1) is 0 Å². The summed E-state index contributed by atoms with van der Waals surface area (Å²) in [6.07, 6.45) is 11.4. The van der Waals surface area contributed by atoms with Crippen LogP contribution in [-0.4, -0.2) is 25.0 Å². The summed E-state index contributed by atoms with van der Waals surface area (Å²) in [4.78, 5) is 2.32. The van der Waals surface area contributed by atoms with Crippen LogP contribution in [0.25, 0.3) is 6.08 Å². The van der Waals surface area contributed by atoms with Crippen molar-refractivity contribution in [3.63, 3.8) is 0 Å². The first-order valence-electron chi connectivity index (χ1n) is 7.77. The van der Waals surface area contributed by atoms with Crippen molar-refractivity contribution in [2.45, 2.75) is 33.6 Å². The topological polar surface area (TPSA) is 3.24 Å². The molecule has 114 valence electrons. The minimum absolute atomic E-state index is 0.979. The normalized spacial score (nSPS) is 12.1. The first-order valence-corrected chi connectivity index (χ1v) is 7.77. The molecular weight excluding hydrogens is 254 g/mol. The second-order valence-corrected chi connectivity index (χ2v) is 5.90. The first-order chi connectivity index (χ1) is 10.1. The number of hydrogen-bond donors (Lipinski definition) is 0. The van der Waals surface area contributed by atoms with Gasteiger partial charge in [0.05, 0.1) is 0 Å². The molecule has 0 N–H and O–H groups in total. The summed E-state index contributed by atoms with van der Waals surface area (Å²) >= 11 is 0. The number of nitrogens with zero attached hydrogens (tertiary/aromatic N) is 1. The molecule has 0 fully saturated rings. The molecule has 0 aliphatic carbocycles. The van der Waals surface area contributed by atoms with Gasteiger partial charge in [-0.25, -0.2) is 0 Å². The Bertz CT molecular complexity index is 476. The molecule has 0 spiro atoms. The lowest BCUT2D eigenvalue weighted by atomic mass is 10.1. The van der Waals surface area contributed by atoms with E-state index in [-0.39, 0.29) is 0 Å². The predicted octanol–water partition coefficient (Wildman–Crippen LogP) is 5.32. The van der Waals surface area contributed by atoms with Gasteiger partial charge in [0.25, 0.3) is 0 Å². The lowest BCUT2D eigenvalue weighted by Gasteiger charge is -2.12. The van der Waals surface area contributed by atoms with Crippen molar-refractivity contribution in [3.05, 3.63) is 65.3 Å². The van der Waals surface area contributed by atoms with E-state index < -0.39 is 0 Å². The number of rotatable bonds is 8. The van der Waals surface area contributed by atoms with Crippen LogP contribution in [-0.2, 0) is 0 Å². The molecule has 0 amide bonds. The van der Waals surface area contributed by atoms with Crippen molar-refractivity contribution in [1.82, 2.24) is 4.90 Å². The van der Waals surface area contributed by atoms with E-state index in [2.05, 4.69) is 81.3 Å². The Kier molecular flexibility index (Phi) is 8.45. The van der Waals surface area contributed by atoms with E-state index in [4.69, 9.17) is 0 Å². The molecule has 1 aromatic rings. The van der Waals surface area contributed by atoms with Gasteiger partial charge in [0, 0.05) is 13.1 Å². The van der Waals surface area contributed by atoms with Crippen LogP contribution in [0.15, 0.2) is 59.7 Å². The fourth-order valence-electron chi connectivity index (χ4n) is 2.01. The van der Waals surface area contributed by atoms with Crippen LogP contribution < -0.4 is 0 Å². The first kappa shape index (κ1) is 17.5. The average molecular weight is 283 g/mol. The van der Waals surface area contributed by atoms with Crippen molar-refractivity contribution >= 4 is 6.08 Å². The van der Waals surface area contributed by atoms with Crippen LogP contribution in [0.4, 0.5) is 0 Å². The van der Waals surface area contributed by atoms with Gasteiger partial charge < -0.3 is 0 Å². The Balaban J connectivity index is 2.28. The van der Waals surface area contributed by atoms with Gasteiger partial charge in [0.15, 0.2) is 0 Å². The Morgan fingerprint density at radius 3 is 2.38 bits per heavy atom. The largest absolute Gasteiger partial charge is 0.299 e. The molecule has 0 saturated heterocycles. The van der Waals surface area contributed by atoms with E-state index in [9.17, 15) is 0 Å². The van der Waals surface area contributed by atoms with E-state index in [1.165, 1.54) is 23.1 Å². The minimum Gasteiger partial charge on any atom is -0.299 e. The summed E-state index contributed by atoms with van der Waals surface area (Å²) in [6.45, 7) is 8.54. The van der Waals surface area contributed by atoms with Gasteiger partial charge in [0.1, 0.15) is 0 Å². The number of hydrogen-bond acceptors (Lipinski definition) is 1. The molecule has 1 rings (SSSR count). The summed E-state index contributed by atoms with van der Waals surface area (Å²) in [6, 6.07) is 10.4. The summed E-state index contributed by atoms with van der Waals surface area (Å²) < 4.78 is 0. The number of likely N-dealkylation sites (N-methyl/N-ethyl adjacent to an activating group) is 1. The van der Waals surface area contributed by atoms with E-state index in [0.717, 1.165) is 19.5 Å². The molecular formula is C20H29N. The van der Waals surface area contributed by atoms with Crippen molar-refractivity contribution in [1.29, 1.82) is 0 Å². The molecule has 0 aliphatic heterocycles. The molecule has 0 aromatic heterocycles. The van der Waals surface area contributed by atoms with Crippen molar-refractivity contribution < 1.29 is 0 Å². The minimum atomic E-state index is 0.979. The van der Waals surface area contributed by atoms with E-state index in [1.807, 2.05) is 6.07 Å². The highest BCUT2D eigenvalue weighted by atomic mass is 15.1. The van der Waals surface area contributed by atoms with Crippen molar-refractivity contribution in [2.75, 3.05) is 20.1 Å². The summed E-state index contributed by atoms with van der Waals surface area (Å²) in [7, 11) is 2.16. The third-order valence-electron chi connectivity index (χ3n) is 3.37. The Morgan fingerprint density at radius 2 is 1.71 bits per heavy atom. The Morgan fingerprint density at radius 1 is 1.00 bits per heavy atom. The molecule has 1 aromatic carbocycles. The molecule has 0 unspecified atom stereocenters. The third kappa shape index (κ3) is 9.04. The van der Waals surface area contributed by atoms with Crippen molar-refractivity contribution in [3.8, 4) is 0 Å². The molecule has 0 atom stereocenters. The van der Waals surface area contributed by atoms with Gasteiger partial charge in [0.2, 0.25) is 0 Å². The monoisotopic (exact) mass is 283 g/mol. The molecule has 0 radical (unpaired) electrons. The van der Waals surface area contributed by atoms with Gasteiger partial charge in [-0.05, 0) is 46.2 Å². The predicted molar refractivity (Wildman–Crippen MR) is 95.4 cm³/mol. The highest BCUT2D eigenvalue weighted by Gasteiger charge is 1.94. The second kappa shape index (κ2) is 10.2. The van der Waals surface area contributed by atoms with Crippen LogP contribution in [0.3, 0.4) is 0 Å². The molecule has 0 aliphatic rings. The maximum absolute atomic E-state index is 2.34. The van der Waals surface area contributed by atoms with E-state index in [1.54, 1.807) is 0 Å². The standard InChI is InChI=1S/C20H29N/c1-18(2)10-8-11-19(3)15-17-21(4)16-9-14-20-12-6-5-7-13-20/h5-7,9-10,12-15H,8,11,16-17H2,1-4H3/b14-9+,19-15+. The third-order valence-corrected chi connectivity index (χ3v) is 3.37. The van der Waals surface area contributed by atoms with Crippen LogP contribution >= 0.6 is 0 Å². The molecule has 1 nitrogen and oxygen atoms in total. The smallest absolute Gasteiger partial charge is 0.0166 e. The highest BCUT2D eigenvalue weighted by Crippen LogP contribution is 2.07. The Labute approximate surface area is 130 Å². The van der Waals surface area contributed by atoms with Gasteiger partial charge >= 0.3 is 0 Å². The SMILES string of the molecule is CC(C)=CCC/C(C)=C/CN(C)C/C=C/c1ccccc1. The maximum atomic E-state index is 2.34. The van der Waals surface area contributed by atoms with Crippen LogP contribution in [0.2, 0.25) is 0 Å². The van der Waals surface area contributed by atoms with Crippen LogP contribution in [0, 0.1) is 0 Å². The van der Waals surface area contributed by atoms with Gasteiger partial charge in [-0.2, -0.15) is 0 Å². The average Bonchev–Trinajstić information content (AvgIpc) is 2.46. The molecule has 21 heavy (non-hydrogen) atoms. The number of benzene rings is 1. The summed E-state index contributed by atoms with van der Waals surface area (Å²) in [5, 5.41) is 0. The zero-order chi connectivity index (χ0) is 15.5. The lowest BCUT2D eigenvalue weighted by Crippen LogP contribution is -2.18. The fraction of sp³-hybridized carbons (Fsp3) is 0.400. The summed E-state index contributed by atoms with van der Waals surface area (Å²) in [5.41, 5.74) is 4.15. The lowest BCUT2D eigenvalue weighted by molar-refractivity contribution is 0.412. The zero-order valence-electron chi connectivity index (χ0n) is 14.0. The van der Waals surface area contributed by atoms with Crippen LogP contribution in [0.1, 0.15) is 39.2 Å². The van der Waals surface area contributed by atoms with E-state index >= 15 is 0 Å². The van der Waals surface area contributed by atoms with Crippen molar-refractivity contribution in [2.24, 2.45) is 0 Å². The van der Waals surface area contributed by atoms with E-state index in [0.29, 0.717) is 0 Å². The summed E-state index contributed by atoms with van der Waals surface area (Å²) in [5.74, 6) is 0. The molecule has 0 saturated carbocycles. The molecule has 1 heteroatoms. The molecule has 0 bridgehead atoms. The quantitative estimate of drug-likeness (QED) is 0.583. The van der Waals surface area contributed by atoms with Gasteiger partial charge in [-0.1, -0.05) is 65.8 Å². The van der Waals surface area contributed by atoms with Crippen LogP contribution in [0.5, 0.6) is 0 Å². The maximum Gasteiger partial charge on any atom is 0.0166 e.